The number of fused-ring (bicyclic) bond motifs is 1. The van der Waals surface area contributed by atoms with Gasteiger partial charge in [-0.25, -0.2) is 0 Å². The first-order valence-electron chi connectivity index (χ1n) is 10.1. The minimum Gasteiger partial charge on any atom is -0.507 e. The molecule has 31 heavy (non-hydrogen) atoms. The molecule has 5 N–H and O–H groups in total. The molecule has 2 aromatic carbocycles. The van der Waals surface area contributed by atoms with Crippen molar-refractivity contribution in [1.82, 2.24) is 5.32 Å². The van der Waals surface area contributed by atoms with Gasteiger partial charge in [-0.15, -0.1) is 0 Å². The second-order valence-corrected chi connectivity index (χ2v) is 8.37. The molecular weight excluding hydrogens is 422 g/mol. The van der Waals surface area contributed by atoms with E-state index in [0.717, 1.165) is 6.07 Å². The first-order chi connectivity index (χ1) is 14.8. The average molecular weight is 446 g/mol. The van der Waals surface area contributed by atoms with Crippen LogP contribution in [0.2, 0.25) is 5.02 Å². The van der Waals surface area contributed by atoms with Crippen molar-refractivity contribution in [3.63, 3.8) is 0 Å². The molecule has 1 aliphatic rings. The van der Waals surface area contributed by atoms with Gasteiger partial charge in [0.05, 0.1) is 5.56 Å². The molecule has 8 heteroatoms. The molecule has 0 aliphatic carbocycles. The SMILES string of the molecule is Cc1oc2c(C3CCNCC3CO)c(O)cc(O)c2c(=O)c1C(O)c1ccc(Cl)cc1. The van der Waals surface area contributed by atoms with E-state index in [4.69, 9.17) is 16.0 Å². The molecule has 4 rings (SSSR count). The number of rotatable bonds is 4. The summed E-state index contributed by atoms with van der Waals surface area (Å²) in [6.07, 6.45) is -0.657. The summed E-state index contributed by atoms with van der Waals surface area (Å²) in [5.74, 6) is -0.880. The molecule has 3 atom stereocenters. The maximum absolute atomic E-state index is 13.4. The van der Waals surface area contributed by atoms with E-state index in [1.54, 1.807) is 31.2 Å². The third-order valence-electron chi connectivity index (χ3n) is 6.06. The number of piperidine rings is 1. The van der Waals surface area contributed by atoms with Crippen molar-refractivity contribution in [3.8, 4) is 11.5 Å². The molecule has 0 spiro atoms. The van der Waals surface area contributed by atoms with Crippen LogP contribution >= 0.6 is 11.6 Å². The van der Waals surface area contributed by atoms with Gasteiger partial charge in [0.25, 0.3) is 0 Å². The monoisotopic (exact) mass is 445 g/mol. The molecule has 3 unspecified atom stereocenters. The lowest BCUT2D eigenvalue weighted by Crippen LogP contribution is -2.37. The quantitative estimate of drug-likeness (QED) is 0.418. The molecule has 164 valence electrons. The van der Waals surface area contributed by atoms with E-state index in [1.165, 1.54) is 0 Å². The molecule has 1 saturated heterocycles. The first-order valence-corrected chi connectivity index (χ1v) is 10.5. The zero-order chi connectivity index (χ0) is 22.3. The maximum atomic E-state index is 13.4. The summed E-state index contributed by atoms with van der Waals surface area (Å²) in [4.78, 5) is 13.4. The summed E-state index contributed by atoms with van der Waals surface area (Å²) in [5.41, 5.74) is 0.357. The fourth-order valence-corrected chi connectivity index (χ4v) is 4.58. The van der Waals surface area contributed by atoms with Crippen LogP contribution in [0.25, 0.3) is 11.0 Å². The predicted octanol–water partition coefficient (Wildman–Crippen LogP) is 2.93. The van der Waals surface area contributed by atoms with Crippen LogP contribution in [0.5, 0.6) is 11.5 Å². The summed E-state index contributed by atoms with van der Waals surface area (Å²) in [6, 6.07) is 7.56. The van der Waals surface area contributed by atoms with Gasteiger partial charge in [-0.05, 0) is 43.5 Å². The van der Waals surface area contributed by atoms with Crippen LogP contribution in [0.1, 0.15) is 40.9 Å². The Morgan fingerprint density at radius 3 is 2.61 bits per heavy atom. The second kappa shape index (κ2) is 8.51. The van der Waals surface area contributed by atoms with Crippen LogP contribution in [-0.2, 0) is 0 Å². The Balaban J connectivity index is 1.94. The number of aliphatic hydroxyl groups excluding tert-OH is 2. The molecule has 0 amide bonds. The van der Waals surface area contributed by atoms with Crippen molar-refractivity contribution >= 4 is 22.6 Å². The molecular formula is C23H24ClNO6. The third-order valence-corrected chi connectivity index (χ3v) is 6.31. The van der Waals surface area contributed by atoms with E-state index in [-0.39, 0.29) is 46.5 Å². The Morgan fingerprint density at radius 1 is 1.23 bits per heavy atom. The highest BCUT2D eigenvalue weighted by Gasteiger charge is 2.33. The first kappa shape index (κ1) is 21.6. The maximum Gasteiger partial charge on any atom is 0.202 e. The molecule has 7 nitrogen and oxygen atoms in total. The molecule has 1 fully saturated rings. The van der Waals surface area contributed by atoms with Crippen LogP contribution in [0.4, 0.5) is 0 Å². The minimum atomic E-state index is -1.28. The van der Waals surface area contributed by atoms with Gasteiger partial charge in [-0.1, -0.05) is 23.7 Å². The Hall–Kier alpha value is -2.58. The van der Waals surface area contributed by atoms with Gasteiger partial charge in [-0.3, -0.25) is 4.79 Å². The number of halogens is 1. The zero-order valence-corrected chi connectivity index (χ0v) is 17.7. The standard InChI is InChI=1S/C23H24ClNO6/c1-11-18(21(29)12-2-4-14(24)5-3-12)22(30)20-17(28)8-16(27)19(23(20)31-11)15-6-7-25-9-13(15)10-26/h2-5,8,13,15,21,25-29H,6-7,9-10H2,1H3. The van der Waals surface area contributed by atoms with E-state index in [1.807, 2.05) is 0 Å². The Labute approximate surface area is 183 Å². The molecule has 3 aromatic rings. The van der Waals surface area contributed by atoms with Gasteiger partial charge in [0, 0.05) is 35.7 Å². The van der Waals surface area contributed by atoms with Crippen molar-refractivity contribution in [3.05, 3.63) is 68.0 Å². The fourth-order valence-electron chi connectivity index (χ4n) is 4.46. The second-order valence-electron chi connectivity index (χ2n) is 7.93. The van der Waals surface area contributed by atoms with Gasteiger partial charge in [0.1, 0.15) is 34.3 Å². The van der Waals surface area contributed by atoms with E-state index in [0.29, 0.717) is 35.7 Å². The molecule has 2 heterocycles. The van der Waals surface area contributed by atoms with Gasteiger partial charge in [0.15, 0.2) is 0 Å². The summed E-state index contributed by atoms with van der Waals surface area (Å²) in [6.45, 7) is 2.70. The highest BCUT2D eigenvalue weighted by atomic mass is 35.5. The van der Waals surface area contributed by atoms with Crippen molar-refractivity contribution in [2.45, 2.75) is 25.4 Å². The highest BCUT2D eigenvalue weighted by Crippen LogP contribution is 2.43. The molecule has 1 aromatic heterocycles. The normalized spacial score (nSPS) is 20.1. The van der Waals surface area contributed by atoms with Crippen LogP contribution < -0.4 is 10.7 Å². The minimum absolute atomic E-state index is 0.00535. The number of hydrogen-bond donors (Lipinski definition) is 5. The lowest BCUT2D eigenvalue weighted by atomic mass is 9.80. The smallest absolute Gasteiger partial charge is 0.202 e. The van der Waals surface area contributed by atoms with E-state index in [9.17, 15) is 25.2 Å². The number of phenolic OH excluding ortho intramolecular Hbond substituents is 2. The highest BCUT2D eigenvalue weighted by molar-refractivity contribution is 6.30. The average Bonchev–Trinajstić information content (AvgIpc) is 2.74. The number of benzene rings is 2. The summed E-state index contributed by atoms with van der Waals surface area (Å²) < 4.78 is 5.97. The summed E-state index contributed by atoms with van der Waals surface area (Å²) >= 11 is 5.91. The fraction of sp³-hybridized carbons (Fsp3) is 0.348. The third kappa shape index (κ3) is 3.78. The molecule has 0 radical (unpaired) electrons. The van der Waals surface area contributed by atoms with E-state index in [2.05, 4.69) is 5.32 Å². The lowest BCUT2D eigenvalue weighted by Gasteiger charge is -2.32. The lowest BCUT2D eigenvalue weighted by molar-refractivity contribution is 0.178. The molecule has 1 aliphatic heterocycles. The van der Waals surface area contributed by atoms with Gasteiger partial charge in [-0.2, -0.15) is 0 Å². The molecule has 0 bridgehead atoms. The number of aliphatic hydroxyl groups is 2. The van der Waals surface area contributed by atoms with Crippen LogP contribution in [0.15, 0.2) is 39.5 Å². The van der Waals surface area contributed by atoms with Crippen LogP contribution in [-0.4, -0.2) is 40.1 Å². The predicted molar refractivity (Wildman–Crippen MR) is 117 cm³/mol. The largest absolute Gasteiger partial charge is 0.507 e. The number of hydrogen-bond acceptors (Lipinski definition) is 7. The van der Waals surface area contributed by atoms with Gasteiger partial charge >= 0.3 is 0 Å². The van der Waals surface area contributed by atoms with Gasteiger partial charge < -0.3 is 30.2 Å². The number of phenols is 2. The van der Waals surface area contributed by atoms with E-state index >= 15 is 0 Å². The van der Waals surface area contributed by atoms with Crippen molar-refractivity contribution < 1.29 is 24.8 Å². The molecule has 0 saturated carbocycles. The topological polar surface area (TPSA) is 123 Å². The van der Waals surface area contributed by atoms with Crippen molar-refractivity contribution in [2.24, 2.45) is 5.92 Å². The van der Waals surface area contributed by atoms with Crippen LogP contribution in [0.3, 0.4) is 0 Å². The van der Waals surface area contributed by atoms with Crippen molar-refractivity contribution in [2.75, 3.05) is 19.7 Å². The Kier molecular flexibility index (Phi) is 5.94. The zero-order valence-electron chi connectivity index (χ0n) is 16.9. The van der Waals surface area contributed by atoms with Crippen molar-refractivity contribution in [1.29, 1.82) is 0 Å². The number of aromatic hydroxyl groups is 2. The number of nitrogens with one attached hydrogen (secondary N) is 1. The Bertz CT molecular complexity index is 1170. The Morgan fingerprint density at radius 2 is 1.94 bits per heavy atom. The van der Waals surface area contributed by atoms with E-state index < -0.39 is 17.3 Å². The van der Waals surface area contributed by atoms with Crippen LogP contribution in [0, 0.1) is 12.8 Å². The van der Waals surface area contributed by atoms with Gasteiger partial charge in [0.2, 0.25) is 5.43 Å². The summed E-state index contributed by atoms with van der Waals surface area (Å²) in [7, 11) is 0. The number of aryl methyl sites for hydroxylation is 1. The summed E-state index contributed by atoms with van der Waals surface area (Å²) in [5, 5.41) is 45.4.